The van der Waals surface area contributed by atoms with Gasteiger partial charge in [-0.25, -0.2) is 0 Å². The Kier molecular flexibility index (Phi) is 10.3. The molecule has 0 bridgehead atoms. The summed E-state index contributed by atoms with van der Waals surface area (Å²) in [6.45, 7) is 4.30. The molecule has 1 fully saturated rings. The molecule has 112 valence electrons. The van der Waals surface area contributed by atoms with Crippen molar-refractivity contribution in [1.29, 1.82) is 0 Å². The molecule has 0 aromatic rings. The summed E-state index contributed by atoms with van der Waals surface area (Å²) in [6.07, 6.45) is 4.14. The lowest BCUT2D eigenvalue weighted by Crippen LogP contribution is -2.38. The second-order valence-corrected chi connectivity index (χ2v) is 5.78. The van der Waals surface area contributed by atoms with Crippen molar-refractivity contribution in [2.24, 2.45) is 5.92 Å². The highest BCUT2D eigenvalue weighted by Gasteiger charge is 2.33. The van der Waals surface area contributed by atoms with Crippen molar-refractivity contribution in [2.75, 3.05) is 31.4 Å². The fraction of sp³-hybridized carbons (Fsp3) is 0.857. The molecule has 1 saturated carbocycles. The predicted octanol–water partition coefficient (Wildman–Crippen LogP) is 3.13. The van der Waals surface area contributed by atoms with Gasteiger partial charge in [0.25, 0.3) is 0 Å². The Hall–Kier alpha value is 0.350. The Morgan fingerprint density at radius 3 is 2.42 bits per heavy atom. The van der Waals surface area contributed by atoms with Crippen LogP contribution >= 0.6 is 35.6 Å². The maximum Gasteiger partial charge on any atom is 0.128 e. The SMILES string of the molecule is CC1CCCCC1(O)C#CCN(CCCl)CCCl.Cl. The quantitative estimate of drug-likeness (QED) is 0.619. The van der Waals surface area contributed by atoms with E-state index >= 15 is 0 Å². The Morgan fingerprint density at radius 2 is 1.89 bits per heavy atom. The summed E-state index contributed by atoms with van der Waals surface area (Å²) in [7, 11) is 0. The standard InChI is InChI=1S/C14H23Cl2NO.ClH/c1-13-5-2-3-6-14(13,18)7-4-10-17(11-8-15)12-9-16;/h13,18H,2-3,5-6,8-12H2,1H3;1H. The maximum atomic E-state index is 10.5. The van der Waals surface area contributed by atoms with E-state index in [1.807, 2.05) is 0 Å². The Balaban J connectivity index is 0.00000324. The Bertz CT molecular complexity index is 297. The number of nitrogens with zero attached hydrogens (tertiary/aromatic N) is 1. The molecular weight excluding hydrogens is 305 g/mol. The van der Waals surface area contributed by atoms with Crippen LogP contribution in [0.3, 0.4) is 0 Å². The molecule has 2 unspecified atom stereocenters. The Labute approximate surface area is 133 Å². The molecule has 2 atom stereocenters. The van der Waals surface area contributed by atoms with E-state index in [1.165, 1.54) is 6.42 Å². The first-order chi connectivity index (χ1) is 8.62. The summed E-state index contributed by atoms with van der Waals surface area (Å²) in [4.78, 5) is 2.11. The van der Waals surface area contributed by atoms with Crippen molar-refractivity contribution < 1.29 is 5.11 Å². The third-order valence-electron chi connectivity index (χ3n) is 3.67. The van der Waals surface area contributed by atoms with Crippen LogP contribution in [0.1, 0.15) is 32.6 Å². The van der Waals surface area contributed by atoms with Gasteiger partial charge < -0.3 is 5.11 Å². The summed E-state index contributed by atoms with van der Waals surface area (Å²) in [5, 5.41) is 10.5. The highest BCUT2D eigenvalue weighted by atomic mass is 35.5. The summed E-state index contributed by atoms with van der Waals surface area (Å²) in [6, 6.07) is 0. The second kappa shape index (κ2) is 10.1. The fourth-order valence-corrected chi connectivity index (χ4v) is 2.81. The molecule has 0 aromatic heterocycles. The van der Waals surface area contributed by atoms with Crippen LogP contribution in [0, 0.1) is 17.8 Å². The molecule has 0 saturated heterocycles. The summed E-state index contributed by atoms with van der Waals surface area (Å²) < 4.78 is 0. The molecule has 0 radical (unpaired) electrons. The molecule has 0 heterocycles. The highest BCUT2D eigenvalue weighted by molar-refractivity contribution is 6.18. The summed E-state index contributed by atoms with van der Waals surface area (Å²) in [5.41, 5.74) is -0.786. The van der Waals surface area contributed by atoms with Crippen LogP contribution in [0.2, 0.25) is 0 Å². The zero-order valence-corrected chi connectivity index (χ0v) is 13.8. The van der Waals surface area contributed by atoms with E-state index in [0.29, 0.717) is 18.3 Å². The molecule has 0 aromatic carbocycles. The van der Waals surface area contributed by atoms with Gasteiger partial charge in [-0.2, -0.15) is 0 Å². The average molecular weight is 329 g/mol. The zero-order chi connectivity index (χ0) is 13.4. The third kappa shape index (κ3) is 6.56. The normalized spacial score (nSPS) is 26.5. The van der Waals surface area contributed by atoms with Gasteiger partial charge in [0.2, 0.25) is 0 Å². The van der Waals surface area contributed by atoms with Crippen LogP contribution < -0.4 is 0 Å². The minimum atomic E-state index is -0.786. The van der Waals surface area contributed by atoms with Gasteiger partial charge in [0.1, 0.15) is 5.60 Å². The lowest BCUT2D eigenvalue weighted by Gasteiger charge is -2.33. The van der Waals surface area contributed by atoms with Gasteiger partial charge >= 0.3 is 0 Å². The number of hydrogen-bond donors (Lipinski definition) is 1. The van der Waals surface area contributed by atoms with Gasteiger partial charge in [0.05, 0.1) is 6.54 Å². The summed E-state index contributed by atoms with van der Waals surface area (Å²) in [5.74, 6) is 7.61. The first-order valence-electron chi connectivity index (χ1n) is 6.69. The van der Waals surface area contributed by atoms with E-state index in [9.17, 15) is 5.11 Å². The largest absolute Gasteiger partial charge is 0.377 e. The van der Waals surface area contributed by atoms with Crippen molar-refractivity contribution in [3.05, 3.63) is 0 Å². The molecule has 1 rings (SSSR count). The number of aliphatic hydroxyl groups is 1. The van der Waals surface area contributed by atoms with Crippen molar-refractivity contribution in [3.63, 3.8) is 0 Å². The van der Waals surface area contributed by atoms with Crippen LogP contribution in [0.4, 0.5) is 0 Å². The highest BCUT2D eigenvalue weighted by Crippen LogP contribution is 2.32. The molecule has 1 aliphatic rings. The van der Waals surface area contributed by atoms with Crippen molar-refractivity contribution in [3.8, 4) is 11.8 Å². The molecule has 1 aliphatic carbocycles. The van der Waals surface area contributed by atoms with Crippen LogP contribution in [-0.2, 0) is 0 Å². The van der Waals surface area contributed by atoms with Gasteiger partial charge in [-0.15, -0.1) is 35.6 Å². The molecule has 0 spiro atoms. The van der Waals surface area contributed by atoms with E-state index < -0.39 is 5.60 Å². The molecule has 2 nitrogen and oxygen atoms in total. The molecular formula is C14H24Cl3NO. The molecule has 0 amide bonds. The predicted molar refractivity (Wildman–Crippen MR) is 85.5 cm³/mol. The van der Waals surface area contributed by atoms with Crippen molar-refractivity contribution in [1.82, 2.24) is 4.90 Å². The number of rotatable bonds is 5. The third-order valence-corrected chi connectivity index (χ3v) is 4.01. The first kappa shape index (κ1) is 19.4. The van der Waals surface area contributed by atoms with E-state index in [2.05, 4.69) is 23.7 Å². The van der Waals surface area contributed by atoms with Gasteiger partial charge in [-0.1, -0.05) is 25.2 Å². The lowest BCUT2D eigenvalue weighted by atomic mass is 9.77. The van der Waals surface area contributed by atoms with Gasteiger partial charge in [-0.05, 0) is 25.2 Å². The maximum absolute atomic E-state index is 10.5. The van der Waals surface area contributed by atoms with Crippen LogP contribution in [-0.4, -0.2) is 47.0 Å². The minimum Gasteiger partial charge on any atom is -0.377 e. The monoisotopic (exact) mass is 327 g/mol. The second-order valence-electron chi connectivity index (χ2n) is 5.03. The minimum absolute atomic E-state index is 0. The molecule has 19 heavy (non-hydrogen) atoms. The van der Waals surface area contributed by atoms with Crippen LogP contribution in [0.5, 0.6) is 0 Å². The van der Waals surface area contributed by atoms with Gasteiger partial charge in [-0.3, -0.25) is 4.90 Å². The smallest absolute Gasteiger partial charge is 0.128 e. The number of halogens is 3. The van der Waals surface area contributed by atoms with E-state index in [4.69, 9.17) is 23.2 Å². The van der Waals surface area contributed by atoms with E-state index in [-0.39, 0.29) is 18.3 Å². The fourth-order valence-electron chi connectivity index (χ4n) is 2.33. The molecule has 0 aliphatic heterocycles. The van der Waals surface area contributed by atoms with Crippen LogP contribution in [0.25, 0.3) is 0 Å². The lowest BCUT2D eigenvalue weighted by molar-refractivity contribution is 0.0125. The van der Waals surface area contributed by atoms with E-state index in [0.717, 1.165) is 32.4 Å². The van der Waals surface area contributed by atoms with Crippen molar-refractivity contribution in [2.45, 2.75) is 38.2 Å². The Morgan fingerprint density at radius 1 is 1.26 bits per heavy atom. The average Bonchev–Trinajstić information content (AvgIpc) is 2.34. The molecule has 1 N–H and O–H groups in total. The van der Waals surface area contributed by atoms with Gasteiger partial charge in [0.15, 0.2) is 0 Å². The molecule has 5 heteroatoms. The first-order valence-corrected chi connectivity index (χ1v) is 7.76. The zero-order valence-electron chi connectivity index (χ0n) is 11.5. The van der Waals surface area contributed by atoms with Gasteiger partial charge in [0, 0.05) is 24.8 Å². The number of hydrogen-bond acceptors (Lipinski definition) is 2. The van der Waals surface area contributed by atoms with Crippen molar-refractivity contribution >= 4 is 35.6 Å². The van der Waals surface area contributed by atoms with E-state index in [1.54, 1.807) is 0 Å². The van der Waals surface area contributed by atoms with Crippen LogP contribution in [0.15, 0.2) is 0 Å². The topological polar surface area (TPSA) is 23.5 Å². The summed E-state index contributed by atoms with van der Waals surface area (Å²) >= 11 is 11.5. The number of alkyl halides is 2.